The highest BCUT2D eigenvalue weighted by atomic mass is 32.1. The minimum absolute atomic E-state index is 1.06. The fourth-order valence-corrected chi connectivity index (χ4v) is 8.60. The lowest BCUT2D eigenvalue weighted by Crippen LogP contribution is -1.70. The van der Waals surface area contributed by atoms with Crippen LogP contribution < -0.4 is 0 Å². The SMILES string of the molecule is C(#Cc1cc2sc3c4sc(C#Cc5ccccc5)cc4sc3c2s1)c1ccccc1. The molecule has 0 aliphatic rings. The molecule has 0 bridgehead atoms. The van der Waals surface area contributed by atoms with Crippen LogP contribution in [0.4, 0.5) is 0 Å². The van der Waals surface area contributed by atoms with E-state index in [1.807, 2.05) is 83.3 Å². The van der Waals surface area contributed by atoms with E-state index in [9.17, 15) is 0 Å². The van der Waals surface area contributed by atoms with Gasteiger partial charge in [-0.15, -0.1) is 45.3 Å². The van der Waals surface area contributed by atoms with E-state index in [4.69, 9.17) is 0 Å². The Hall–Kier alpha value is -2.86. The smallest absolute Gasteiger partial charge is 0.0793 e. The molecule has 0 nitrogen and oxygen atoms in total. The van der Waals surface area contributed by atoms with Gasteiger partial charge in [0.25, 0.3) is 0 Å². The number of rotatable bonds is 0. The second-order valence-corrected chi connectivity index (χ2v) is 10.9. The van der Waals surface area contributed by atoms with Crippen molar-refractivity contribution in [3.8, 4) is 23.7 Å². The fourth-order valence-electron chi connectivity index (χ4n) is 3.26. The van der Waals surface area contributed by atoms with E-state index in [0.29, 0.717) is 0 Å². The zero-order valence-electron chi connectivity index (χ0n) is 15.6. The molecule has 30 heavy (non-hydrogen) atoms. The monoisotopic (exact) mass is 452 g/mol. The van der Waals surface area contributed by atoms with E-state index < -0.39 is 0 Å². The topological polar surface area (TPSA) is 0 Å². The second-order valence-electron chi connectivity index (χ2n) is 6.70. The third-order valence-corrected chi connectivity index (χ3v) is 9.74. The number of thiophene rings is 4. The molecular formula is C26H12S4. The summed E-state index contributed by atoms with van der Waals surface area (Å²) in [5, 5.41) is 0. The Morgan fingerprint density at radius 2 is 0.867 bits per heavy atom. The van der Waals surface area contributed by atoms with Crippen LogP contribution in [-0.4, -0.2) is 0 Å². The van der Waals surface area contributed by atoms with Gasteiger partial charge in [0.05, 0.1) is 28.6 Å². The van der Waals surface area contributed by atoms with Crippen molar-refractivity contribution in [3.63, 3.8) is 0 Å². The van der Waals surface area contributed by atoms with Crippen molar-refractivity contribution < 1.29 is 0 Å². The Morgan fingerprint density at radius 3 is 1.30 bits per heavy atom. The molecule has 0 atom stereocenters. The van der Waals surface area contributed by atoms with E-state index in [1.165, 1.54) is 28.2 Å². The second kappa shape index (κ2) is 7.43. The molecule has 0 amide bonds. The van der Waals surface area contributed by atoms with Crippen molar-refractivity contribution in [1.82, 2.24) is 0 Å². The summed E-state index contributed by atoms with van der Waals surface area (Å²) in [4.78, 5) is 2.27. The van der Waals surface area contributed by atoms with Crippen molar-refractivity contribution in [2.45, 2.75) is 0 Å². The molecule has 0 aliphatic carbocycles. The lowest BCUT2D eigenvalue weighted by molar-refractivity contribution is 1.65. The van der Waals surface area contributed by atoms with Gasteiger partial charge in [0.2, 0.25) is 0 Å². The van der Waals surface area contributed by atoms with Crippen LogP contribution in [0.5, 0.6) is 0 Å². The molecule has 4 heterocycles. The molecule has 140 valence electrons. The van der Waals surface area contributed by atoms with Crippen LogP contribution in [0.2, 0.25) is 0 Å². The first-order valence-electron chi connectivity index (χ1n) is 9.36. The van der Waals surface area contributed by atoms with Crippen molar-refractivity contribution in [1.29, 1.82) is 0 Å². The highest BCUT2D eigenvalue weighted by Gasteiger charge is 2.16. The summed E-state index contributed by atoms with van der Waals surface area (Å²) in [6, 6.07) is 24.8. The van der Waals surface area contributed by atoms with E-state index in [0.717, 1.165) is 20.9 Å². The molecule has 0 saturated carbocycles. The van der Waals surface area contributed by atoms with Crippen LogP contribution >= 0.6 is 45.3 Å². The third kappa shape index (κ3) is 3.25. The molecule has 0 unspecified atom stereocenters. The van der Waals surface area contributed by atoms with Crippen LogP contribution in [0.1, 0.15) is 20.9 Å². The minimum Gasteiger partial charge on any atom is -0.132 e. The van der Waals surface area contributed by atoms with Crippen molar-refractivity contribution >= 4 is 73.5 Å². The van der Waals surface area contributed by atoms with Gasteiger partial charge in [-0.25, -0.2) is 0 Å². The third-order valence-electron chi connectivity index (χ3n) is 4.65. The summed E-state index contributed by atoms with van der Waals surface area (Å²) < 4.78 is 8.22. The van der Waals surface area contributed by atoms with Gasteiger partial charge in [-0.05, 0) is 36.4 Å². The molecule has 6 aromatic rings. The summed E-state index contributed by atoms with van der Waals surface area (Å²) >= 11 is 7.38. The van der Waals surface area contributed by atoms with Gasteiger partial charge in [0.1, 0.15) is 0 Å². The maximum absolute atomic E-state index is 3.33. The molecule has 4 heteroatoms. The van der Waals surface area contributed by atoms with Crippen LogP contribution in [-0.2, 0) is 0 Å². The molecule has 0 spiro atoms. The van der Waals surface area contributed by atoms with Gasteiger partial charge < -0.3 is 0 Å². The summed E-state index contributed by atoms with van der Waals surface area (Å²) in [5.41, 5.74) is 2.11. The Balaban J connectivity index is 1.37. The summed E-state index contributed by atoms with van der Waals surface area (Å²) in [6.45, 7) is 0. The highest BCUT2D eigenvalue weighted by molar-refractivity contribution is 7.44. The van der Waals surface area contributed by atoms with E-state index in [-0.39, 0.29) is 0 Å². The largest absolute Gasteiger partial charge is 0.132 e. The minimum atomic E-state index is 1.06. The van der Waals surface area contributed by atoms with Crippen molar-refractivity contribution in [3.05, 3.63) is 93.7 Å². The summed E-state index contributed by atoms with van der Waals surface area (Å²) in [7, 11) is 0. The number of hydrogen-bond donors (Lipinski definition) is 0. The first kappa shape index (κ1) is 18.0. The zero-order valence-corrected chi connectivity index (χ0v) is 18.8. The normalized spacial score (nSPS) is 10.8. The zero-order chi connectivity index (χ0) is 19.9. The lowest BCUT2D eigenvalue weighted by atomic mass is 10.2. The molecule has 0 radical (unpaired) electrons. The van der Waals surface area contributed by atoms with Gasteiger partial charge in [0, 0.05) is 20.5 Å². The quantitative estimate of drug-likeness (QED) is 0.204. The average molecular weight is 453 g/mol. The first-order valence-corrected chi connectivity index (χ1v) is 12.6. The standard InChI is InChI=1S/C26H12S4/c1-3-7-17(8-4-1)11-13-19-15-21-23(27-19)25-26(29-21)24-22(30-25)16-20(28-24)14-12-18-9-5-2-6-10-18/h1-10,15-16H. The van der Waals surface area contributed by atoms with Crippen LogP contribution in [0.15, 0.2) is 72.8 Å². The molecular weight excluding hydrogens is 441 g/mol. The Morgan fingerprint density at radius 1 is 0.433 bits per heavy atom. The van der Waals surface area contributed by atoms with Gasteiger partial charge in [-0.1, -0.05) is 60.1 Å². The predicted octanol–water partition coefficient (Wildman–Crippen LogP) is 8.19. The van der Waals surface area contributed by atoms with Gasteiger partial charge >= 0.3 is 0 Å². The highest BCUT2D eigenvalue weighted by Crippen LogP contribution is 2.49. The molecule has 0 aliphatic heterocycles. The molecule has 2 aromatic carbocycles. The van der Waals surface area contributed by atoms with E-state index in [1.54, 1.807) is 22.7 Å². The first-order chi connectivity index (χ1) is 14.8. The van der Waals surface area contributed by atoms with Crippen LogP contribution in [0.3, 0.4) is 0 Å². The summed E-state index contributed by atoms with van der Waals surface area (Å²) in [5.74, 6) is 13.2. The summed E-state index contributed by atoms with van der Waals surface area (Å²) in [6.07, 6.45) is 0. The van der Waals surface area contributed by atoms with Crippen LogP contribution in [0.25, 0.3) is 28.2 Å². The number of fused-ring (bicyclic) bond motifs is 5. The lowest BCUT2D eigenvalue weighted by Gasteiger charge is -1.86. The molecule has 0 fully saturated rings. The van der Waals surface area contributed by atoms with Gasteiger partial charge in [0.15, 0.2) is 0 Å². The van der Waals surface area contributed by atoms with Gasteiger partial charge in [-0.2, -0.15) is 0 Å². The Bertz CT molecular complexity index is 1510. The Kier molecular flexibility index (Phi) is 4.45. The van der Waals surface area contributed by atoms with Gasteiger partial charge in [-0.3, -0.25) is 0 Å². The van der Waals surface area contributed by atoms with E-state index in [2.05, 4.69) is 35.8 Å². The maximum Gasteiger partial charge on any atom is 0.0793 e. The maximum atomic E-state index is 3.33. The molecule has 4 aromatic heterocycles. The molecule has 6 rings (SSSR count). The fraction of sp³-hybridized carbons (Fsp3) is 0. The van der Waals surface area contributed by atoms with E-state index >= 15 is 0 Å². The predicted molar refractivity (Wildman–Crippen MR) is 135 cm³/mol. The molecule has 0 N–H and O–H groups in total. The Labute approximate surface area is 190 Å². The number of hydrogen-bond acceptors (Lipinski definition) is 4. The number of benzene rings is 2. The molecule has 0 saturated heterocycles. The average Bonchev–Trinajstić information content (AvgIpc) is 3.51. The van der Waals surface area contributed by atoms with Crippen molar-refractivity contribution in [2.24, 2.45) is 0 Å². The van der Waals surface area contributed by atoms with Crippen LogP contribution in [0, 0.1) is 23.7 Å². The van der Waals surface area contributed by atoms with Crippen molar-refractivity contribution in [2.75, 3.05) is 0 Å².